The minimum absolute atomic E-state index is 0.0104. The molecule has 0 aliphatic carbocycles. The Morgan fingerprint density at radius 3 is 2.21 bits per heavy atom. The number of carbonyl (C=O) groups is 2. The van der Waals surface area contributed by atoms with E-state index >= 15 is 0 Å². The van der Waals surface area contributed by atoms with Crippen LogP contribution in [0.1, 0.15) is 20.3 Å². The number of nitrogens with one attached hydrogen (secondary N) is 2. The number of hydrogen-bond acceptors (Lipinski definition) is 5. The summed E-state index contributed by atoms with van der Waals surface area (Å²) in [5.74, 6) is -0.354. The zero-order valence-corrected chi connectivity index (χ0v) is 16.3. The Labute approximate surface area is 164 Å². The van der Waals surface area contributed by atoms with E-state index in [2.05, 4.69) is 20.3 Å². The standard InChI is InChI=1S/C19H28F2N4O3/c1-3-14(2)22-17(26)12-24-8-10-25(11-9-24)13-18(27)23-15-6-4-5-7-16(15)28-19(20)21/h4-7,14,19H,3,8-13H2,1-2H3,(H,22,26)(H,23,27). The average Bonchev–Trinajstić information content (AvgIpc) is 2.64. The van der Waals surface area contributed by atoms with Gasteiger partial charge in [-0.3, -0.25) is 19.4 Å². The largest absolute Gasteiger partial charge is 0.433 e. The number of nitrogens with zero attached hydrogens (tertiary/aromatic N) is 2. The van der Waals surface area contributed by atoms with E-state index < -0.39 is 6.61 Å². The molecule has 0 spiro atoms. The van der Waals surface area contributed by atoms with Gasteiger partial charge in [-0.25, -0.2) is 0 Å². The molecule has 0 radical (unpaired) electrons. The first-order valence-corrected chi connectivity index (χ1v) is 9.45. The molecule has 1 unspecified atom stereocenters. The molecule has 1 aromatic carbocycles. The van der Waals surface area contributed by atoms with Gasteiger partial charge in [-0.15, -0.1) is 0 Å². The molecule has 2 rings (SSSR count). The van der Waals surface area contributed by atoms with Gasteiger partial charge in [-0.05, 0) is 25.5 Å². The maximum absolute atomic E-state index is 12.5. The van der Waals surface area contributed by atoms with E-state index in [-0.39, 0.29) is 35.8 Å². The Morgan fingerprint density at radius 2 is 1.64 bits per heavy atom. The molecule has 1 aromatic rings. The predicted octanol–water partition coefficient (Wildman–Crippen LogP) is 1.76. The fourth-order valence-corrected chi connectivity index (χ4v) is 2.89. The number of hydrogen-bond donors (Lipinski definition) is 2. The molecule has 1 aliphatic heterocycles. The number of alkyl halides is 2. The first-order chi connectivity index (χ1) is 13.4. The lowest BCUT2D eigenvalue weighted by atomic mass is 10.2. The van der Waals surface area contributed by atoms with Crippen LogP contribution in [0.15, 0.2) is 24.3 Å². The van der Waals surface area contributed by atoms with Crippen molar-refractivity contribution in [2.45, 2.75) is 32.9 Å². The summed E-state index contributed by atoms with van der Waals surface area (Å²) in [5, 5.41) is 5.56. The van der Waals surface area contributed by atoms with E-state index in [1.165, 1.54) is 12.1 Å². The predicted molar refractivity (Wildman–Crippen MR) is 102 cm³/mol. The third-order valence-electron chi connectivity index (χ3n) is 4.60. The highest BCUT2D eigenvalue weighted by Crippen LogP contribution is 2.25. The topological polar surface area (TPSA) is 73.9 Å². The lowest BCUT2D eigenvalue weighted by molar-refractivity contribution is -0.124. The lowest BCUT2D eigenvalue weighted by Crippen LogP contribution is -2.51. The molecule has 1 fully saturated rings. The van der Waals surface area contributed by atoms with Crippen molar-refractivity contribution in [1.29, 1.82) is 0 Å². The van der Waals surface area contributed by atoms with E-state index in [0.717, 1.165) is 6.42 Å². The smallest absolute Gasteiger partial charge is 0.387 e. The Hall–Kier alpha value is -2.26. The number of anilines is 1. The van der Waals surface area contributed by atoms with Crippen molar-refractivity contribution < 1.29 is 23.1 Å². The second-order valence-electron chi connectivity index (χ2n) is 6.85. The first-order valence-electron chi connectivity index (χ1n) is 9.45. The molecule has 1 atom stereocenters. The Kier molecular flexibility index (Phi) is 8.59. The van der Waals surface area contributed by atoms with E-state index in [1.807, 2.05) is 18.7 Å². The number of ether oxygens (including phenoxy) is 1. The van der Waals surface area contributed by atoms with Gasteiger partial charge < -0.3 is 15.4 Å². The zero-order valence-electron chi connectivity index (χ0n) is 16.3. The minimum atomic E-state index is -2.95. The quantitative estimate of drug-likeness (QED) is 0.663. The highest BCUT2D eigenvalue weighted by Gasteiger charge is 2.21. The molecule has 0 saturated carbocycles. The number of halogens is 2. The van der Waals surface area contributed by atoms with Crippen LogP contribution in [0.2, 0.25) is 0 Å². The van der Waals surface area contributed by atoms with Crippen molar-refractivity contribution in [3.05, 3.63) is 24.3 Å². The highest BCUT2D eigenvalue weighted by molar-refractivity contribution is 5.93. The molecule has 0 aromatic heterocycles. The number of para-hydroxylation sites is 2. The van der Waals surface area contributed by atoms with Gasteiger partial charge in [0.1, 0.15) is 5.75 Å². The van der Waals surface area contributed by atoms with Crippen molar-refractivity contribution in [2.75, 3.05) is 44.6 Å². The van der Waals surface area contributed by atoms with Crippen LogP contribution in [-0.4, -0.2) is 73.5 Å². The maximum atomic E-state index is 12.5. The van der Waals surface area contributed by atoms with Crippen LogP contribution in [0.5, 0.6) is 5.75 Å². The summed E-state index contributed by atoms with van der Waals surface area (Å²) in [4.78, 5) is 28.2. The molecule has 2 amide bonds. The number of rotatable bonds is 9. The molecule has 1 heterocycles. The number of amides is 2. The summed E-state index contributed by atoms with van der Waals surface area (Å²) in [6.07, 6.45) is 0.889. The van der Waals surface area contributed by atoms with E-state index in [0.29, 0.717) is 32.7 Å². The van der Waals surface area contributed by atoms with Gasteiger partial charge in [-0.2, -0.15) is 8.78 Å². The van der Waals surface area contributed by atoms with Gasteiger partial charge in [0.15, 0.2) is 0 Å². The molecule has 1 saturated heterocycles. The van der Waals surface area contributed by atoms with Crippen molar-refractivity contribution in [1.82, 2.24) is 15.1 Å². The number of carbonyl (C=O) groups excluding carboxylic acids is 2. The molecule has 9 heteroatoms. The zero-order chi connectivity index (χ0) is 20.5. The van der Waals surface area contributed by atoms with Crippen LogP contribution in [0, 0.1) is 0 Å². The molecular weight excluding hydrogens is 370 g/mol. The van der Waals surface area contributed by atoms with Gasteiger partial charge in [-0.1, -0.05) is 19.1 Å². The summed E-state index contributed by atoms with van der Waals surface area (Å²) < 4.78 is 29.3. The van der Waals surface area contributed by atoms with Crippen molar-refractivity contribution >= 4 is 17.5 Å². The maximum Gasteiger partial charge on any atom is 0.387 e. The normalized spacial score (nSPS) is 16.6. The third kappa shape index (κ3) is 7.40. The van der Waals surface area contributed by atoms with Crippen LogP contribution in [-0.2, 0) is 9.59 Å². The summed E-state index contributed by atoms with van der Waals surface area (Å²) in [5.41, 5.74) is 0.216. The molecule has 0 bridgehead atoms. The molecule has 28 heavy (non-hydrogen) atoms. The van der Waals surface area contributed by atoms with Crippen LogP contribution in [0.25, 0.3) is 0 Å². The molecular formula is C19H28F2N4O3. The fraction of sp³-hybridized carbons (Fsp3) is 0.579. The molecule has 156 valence electrons. The van der Waals surface area contributed by atoms with Crippen LogP contribution in [0.4, 0.5) is 14.5 Å². The number of benzene rings is 1. The van der Waals surface area contributed by atoms with E-state index in [4.69, 9.17) is 0 Å². The highest BCUT2D eigenvalue weighted by atomic mass is 19.3. The Balaban J connectivity index is 1.76. The molecule has 1 aliphatic rings. The molecule has 7 nitrogen and oxygen atoms in total. The fourth-order valence-electron chi connectivity index (χ4n) is 2.89. The van der Waals surface area contributed by atoms with Crippen LogP contribution in [0.3, 0.4) is 0 Å². The Morgan fingerprint density at radius 1 is 1.07 bits per heavy atom. The van der Waals surface area contributed by atoms with Gasteiger partial charge in [0.05, 0.1) is 18.8 Å². The molecule has 2 N–H and O–H groups in total. The second kappa shape index (κ2) is 10.9. The summed E-state index contributed by atoms with van der Waals surface area (Å²) in [6.45, 7) is 4.21. The van der Waals surface area contributed by atoms with Gasteiger partial charge >= 0.3 is 6.61 Å². The van der Waals surface area contributed by atoms with Gasteiger partial charge in [0.25, 0.3) is 0 Å². The van der Waals surface area contributed by atoms with Crippen molar-refractivity contribution in [3.8, 4) is 5.75 Å². The summed E-state index contributed by atoms with van der Waals surface area (Å²) in [7, 11) is 0. The summed E-state index contributed by atoms with van der Waals surface area (Å²) in [6, 6.07) is 6.25. The van der Waals surface area contributed by atoms with E-state index in [1.54, 1.807) is 12.1 Å². The van der Waals surface area contributed by atoms with Crippen LogP contribution >= 0.6 is 0 Å². The van der Waals surface area contributed by atoms with Crippen LogP contribution < -0.4 is 15.4 Å². The number of piperazine rings is 1. The summed E-state index contributed by atoms with van der Waals surface area (Å²) >= 11 is 0. The Bertz CT molecular complexity index is 652. The second-order valence-corrected chi connectivity index (χ2v) is 6.85. The third-order valence-corrected chi connectivity index (χ3v) is 4.60. The first kappa shape index (κ1) is 22.0. The average molecular weight is 398 g/mol. The van der Waals surface area contributed by atoms with Crippen molar-refractivity contribution in [2.24, 2.45) is 0 Å². The lowest BCUT2D eigenvalue weighted by Gasteiger charge is -2.34. The van der Waals surface area contributed by atoms with Gasteiger partial charge in [0, 0.05) is 32.2 Å². The van der Waals surface area contributed by atoms with E-state index in [9.17, 15) is 18.4 Å². The monoisotopic (exact) mass is 398 g/mol. The SMILES string of the molecule is CCC(C)NC(=O)CN1CCN(CC(=O)Nc2ccccc2OC(F)F)CC1. The minimum Gasteiger partial charge on any atom is -0.433 e. The van der Waals surface area contributed by atoms with Gasteiger partial charge in [0.2, 0.25) is 11.8 Å². The van der Waals surface area contributed by atoms with Crippen molar-refractivity contribution in [3.63, 3.8) is 0 Å².